The van der Waals surface area contributed by atoms with Crippen molar-refractivity contribution in [3.8, 4) is 0 Å². The van der Waals surface area contributed by atoms with Crippen molar-refractivity contribution in [3.63, 3.8) is 0 Å². The van der Waals surface area contributed by atoms with Crippen LogP contribution >= 0.6 is 0 Å². The van der Waals surface area contributed by atoms with Gasteiger partial charge in [0.25, 0.3) is 5.91 Å². The largest absolute Gasteiger partial charge is 0.478 e. The molecule has 0 aliphatic heterocycles. The zero-order valence-electron chi connectivity index (χ0n) is 11.4. The van der Waals surface area contributed by atoms with Crippen LogP contribution in [0, 0.1) is 5.41 Å². The molecule has 1 amide bonds. The van der Waals surface area contributed by atoms with Crippen LogP contribution in [0.1, 0.15) is 40.1 Å². The summed E-state index contributed by atoms with van der Waals surface area (Å²) in [6.45, 7) is 1.30. The van der Waals surface area contributed by atoms with E-state index in [1.807, 2.05) is 0 Å². The van der Waals surface area contributed by atoms with Gasteiger partial charge in [-0.15, -0.1) is 0 Å². The van der Waals surface area contributed by atoms with Crippen LogP contribution in [0.2, 0.25) is 0 Å². The minimum absolute atomic E-state index is 0.0697. The fourth-order valence-electron chi connectivity index (χ4n) is 2.02. The van der Waals surface area contributed by atoms with E-state index in [1.54, 1.807) is 7.11 Å². The molecule has 0 spiro atoms. The molecule has 2 N–H and O–H groups in total. The zero-order valence-corrected chi connectivity index (χ0v) is 11.4. The number of carboxylic acids is 1. The first-order valence-corrected chi connectivity index (χ1v) is 6.53. The summed E-state index contributed by atoms with van der Waals surface area (Å²) >= 11 is 0. The molecular formula is C14H18N2O4. The number of nitrogens with zero attached hydrogens (tertiary/aromatic N) is 1. The van der Waals surface area contributed by atoms with Crippen molar-refractivity contribution >= 4 is 11.9 Å². The molecule has 0 atom stereocenters. The Balaban J connectivity index is 1.87. The molecule has 1 saturated carbocycles. The SMILES string of the molecule is COCCC1(CNC(=O)c2ccc(C(=O)O)cn2)CC1. The van der Waals surface area contributed by atoms with Gasteiger partial charge in [-0.2, -0.15) is 0 Å². The van der Waals surface area contributed by atoms with E-state index >= 15 is 0 Å². The molecule has 2 rings (SSSR count). The summed E-state index contributed by atoms with van der Waals surface area (Å²) < 4.78 is 5.06. The van der Waals surface area contributed by atoms with Crippen LogP contribution in [-0.4, -0.2) is 42.2 Å². The number of carboxylic acid groups (broad SMARTS) is 1. The molecule has 1 aliphatic rings. The first-order valence-electron chi connectivity index (χ1n) is 6.53. The first-order chi connectivity index (χ1) is 9.56. The normalized spacial score (nSPS) is 15.7. The van der Waals surface area contributed by atoms with Crippen molar-refractivity contribution in [2.45, 2.75) is 19.3 Å². The highest BCUT2D eigenvalue weighted by Crippen LogP contribution is 2.48. The molecule has 0 aromatic carbocycles. The van der Waals surface area contributed by atoms with E-state index in [-0.39, 0.29) is 22.6 Å². The van der Waals surface area contributed by atoms with E-state index in [4.69, 9.17) is 9.84 Å². The third kappa shape index (κ3) is 3.54. The van der Waals surface area contributed by atoms with Gasteiger partial charge in [0.2, 0.25) is 0 Å². The molecule has 1 aliphatic carbocycles. The van der Waals surface area contributed by atoms with Crippen molar-refractivity contribution < 1.29 is 19.4 Å². The first kappa shape index (κ1) is 14.5. The Morgan fingerprint density at radius 2 is 2.20 bits per heavy atom. The highest BCUT2D eigenvalue weighted by atomic mass is 16.5. The van der Waals surface area contributed by atoms with E-state index in [1.165, 1.54) is 18.3 Å². The van der Waals surface area contributed by atoms with Crippen molar-refractivity contribution in [2.75, 3.05) is 20.3 Å². The van der Waals surface area contributed by atoms with Crippen molar-refractivity contribution in [3.05, 3.63) is 29.6 Å². The van der Waals surface area contributed by atoms with Crippen LogP contribution in [0.5, 0.6) is 0 Å². The maximum Gasteiger partial charge on any atom is 0.337 e. The van der Waals surface area contributed by atoms with Crippen molar-refractivity contribution in [2.24, 2.45) is 5.41 Å². The van der Waals surface area contributed by atoms with Gasteiger partial charge in [-0.1, -0.05) is 0 Å². The van der Waals surface area contributed by atoms with Gasteiger partial charge in [-0.05, 0) is 36.8 Å². The molecule has 0 bridgehead atoms. The van der Waals surface area contributed by atoms with Gasteiger partial charge < -0.3 is 15.2 Å². The van der Waals surface area contributed by atoms with E-state index in [0.29, 0.717) is 13.2 Å². The number of aromatic carboxylic acids is 1. The lowest BCUT2D eigenvalue weighted by Crippen LogP contribution is -2.31. The molecule has 1 aromatic rings. The minimum atomic E-state index is -1.05. The van der Waals surface area contributed by atoms with E-state index in [9.17, 15) is 9.59 Å². The number of nitrogens with one attached hydrogen (secondary N) is 1. The van der Waals surface area contributed by atoms with Gasteiger partial charge in [0.15, 0.2) is 0 Å². The lowest BCUT2D eigenvalue weighted by Gasteiger charge is -2.15. The average Bonchev–Trinajstić information content (AvgIpc) is 3.23. The Bertz CT molecular complexity index is 494. The second kappa shape index (κ2) is 6.00. The number of methoxy groups -OCH3 is 1. The monoisotopic (exact) mass is 278 g/mol. The maximum absolute atomic E-state index is 11.9. The van der Waals surface area contributed by atoms with E-state index in [2.05, 4.69) is 10.3 Å². The van der Waals surface area contributed by atoms with Crippen molar-refractivity contribution in [1.82, 2.24) is 10.3 Å². The third-order valence-electron chi connectivity index (χ3n) is 3.66. The molecule has 6 heteroatoms. The maximum atomic E-state index is 11.9. The quantitative estimate of drug-likeness (QED) is 0.785. The average molecular weight is 278 g/mol. The zero-order chi connectivity index (χ0) is 14.6. The van der Waals surface area contributed by atoms with Gasteiger partial charge in [0.05, 0.1) is 5.56 Å². The Hall–Kier alpha value is -1.95. The number of amides is 1. The number of aromatic nitrogens is 1. The van der Waals surface area contributed by atoms with Crippen LogP contribution in [0.15, 0.2) is 18.3 Å². The van der Waals surface area contributed by atoms with Crippen molar-refractivity contribution in [1.29, 1.82) is 0 Å². The molecule has 1 aromatic heterocycles. The Labute approximate surface area is 117 Å². The van der Waals surface area contributed by atoms with Crippen LogP contribution in [0.4, 0.5) is 0 Å². The highest BCUT2D eigenvalue weighted by Gasteiger charge is 2.42. The molecule has 1 heterocycles. The molecular weight excluding hydrogens is 260 g/mol. The standard InChI is InChI=1S/C14H18N2O4/c1-20-7-6-14(4-5-14)9-16-12(17)11-3-2-10(8-15-11)13(18)19/h2-3,8H,4-7,9H2,1H3,(H,16,17)(H,18,19). The van der Waals surface area contributed by atoms with Crippen LogP contribution in [0.3, 0.4) is 0 Å². The predicted molar refractivity (Wildman–Crippen MR) is 71.7 cm³/mol. The summed E-state index contributed by atoms with van der Waals surface area (Å²) in [5, 5.41) is 11.6. The third-order valence-corrected chi connectivity index (χ3v) is 3.66. The predicted octanol–water partition coefficient (Wildman–Crippen LogP) is 1.33. The smallest absolute Gasteiger partial charge is 0.337 e. The molecule has 0 radical (unpaired) electrons. The van der Waals surface area contributed by atoms with Gasteiger partial charge in [-0.25, -0.2) is 4.79 Å². The molecule has 108 valence electrons. The van der Waals surface area contributed by atoms with Crippen LogP contribution in [0.25, 0.3) is 0 Å². The summed E-state index contributed by atoms with van der Waals surface area (Å²) in [5.74, 6) is -1.33. The minimum Gasteiger partial charge on any atom is -0.478 e. The van der Waals surface area contributed by atoms with Gasteiger partial charge in [0.1, 0.15) is 5.69 Å². The summed E-state index contributed by atoms with van der Waals surface area (Å²) in [7, 11) is 1.67. The Kier molecular flexibility index (Phi) is 4.34. The van der Waals surface area contributed by atoms with Crippen LogP contribution < -0.4 is 5.32 Å². The lowest BCUT2D eigenvalue weighted by atomic mass is 10.0. The van der Waals surface area contributed by atoms with Gasteiger partial charge in [-0.3, -0.25) is 9.78 Å². The number of rotatable bonds is 7. The van der Waals surface area contributed by atoms with Gasteiger partial charge >= 0.3 is 5.97 Å². The molecule has 1 fully saturated rings. The fourth-order valence-corrected chi connectivity index (χ4v) is 2.02. The molecule has 0 saturated heterocycles. The highest BCUT2D eigenvalue weighted by molar-refractivity contribution is 5.93. The summed E-state index contributed by atoms with van der Waals surface area (Å²) in [5.41, 5.74) is 0.477. The number of ether oxygens (including phenoxy) is 1. The molecule has 20 heavy (non-hydrogen) atoms. The van der Waals surface area contributed by atoms with Gasteiger partial charge in [0, 0.05) is 26.5 Å². The lowest BCUT2D eigenvalue weighted by molar-refractivity contribution is 0.0695. The fraction of sp³-hybridized carbons (Fsp3) is 0.500. The number of hydrogen-bond acceptors (Lipinski definition) is 4. The Morgan fingerprint density at radius 1 is 1.45 bits per heavy atom. The van der Waals surface area contributed by atoms with E-state index in [0.717, 1.165) is 19.3 Å². The topological polar surface area (TPSA) is 88.5 Å². The summed E-state index contributed by atoms with van der Waals surface area (Å²) in [4.78, 5) is 26.5. The van der Waals surface area contributed by atoms with Crippen LogP contribution in [-0.2, 0) is 4.74 Å². The summed E-state index contributed by atoms with van der Waals surface area (Å²) in [6, 6.07) is 2.80. The number of hydrogen-bond donors (Lipinski definition) is 2. The number of pyridine rings is 1. The molecule has 6 nitrogen and oxygen atoms in total. The number of carbonyl (C=O) groups is 2. The second-order valence-electron chi connectivity index (χ2n) is 5.16. The summed E-state index contributed by atoms with van der Waals surface area (Å²) in [6.07, 6.45) is 4.33. The molecule has 0 unspecified atom stereocenters. The Morgan fingerprint density at radius 3 is 2.70 bits per heavy atom. The number of carbonyl (C=O) groups excluding carboxylic acids is 1. The van der Waals surface area contributed by atoms with E-state index < -0.39 is 5.97 Å². The second-order valence-corrected chi connectivity index (χ2v) is 5.16.